The highest BCUT2D eigenvalue weighted by Gasteiger charge is 2.36. The van der Waals surface area contributed by atoms with E-state index in [1.54, 1.807) is 17.4 Å². The Bertz CT molecular complexity index is 1530. The molecule has 0 radical (unpaired) electrons. The summed E-state index contributed by atoms with van der Waals surface area (Å²) < 4.78 is 30.4. The van der Waals surface area contributed by atoms with Gasteiger partial charge in [0.25, 0.3) is 0 Å². The third kappa shape index (κ3) is 7.11. The Labute approximate surface area is 236 Å². The van der Waals surface area contributed by atoms with Gasteiger partial charge in [-0.25, -0.2) is 9.09 Å². The molecular formula is C28H35N3O7PS+. The van der Waals surface area contributed by atoms with E-state index in [1.807, 2.05) is 18.2 Å². The summed E-state index contributed by atoms with van der Waals surface area (Å²) in [5, 5.41) is 13.3. The molecule has 1 aliphatic rings. The van der Waals surface area contributed by atoms with Crippen molar-refractivity contribution in [2.75, 3.05) is 64.2 Å². The van der Waals surface area contributed by atoms with Crippen molar-refractivity contribution in [1.82, 2.24) is 4.98 Å². The van der Waals surface area contributed by atoms with E-state index in [1.165, 1.54) is 21.8 Å². The van der Waals surface area contributed by atoms with Crippen molar-refractivity contribution >= 4 is 45.8 Å². The molecule has 0 bridgehead atoms. The molecule has 1 aliphatic heterocycles. The van der Waals surface area contributed by atoms with Crippen LogP contribution in [-0.2, 0) is 13.6 Å². The quantitative estimate of drug-likeness (QED) is 0.120. The molecule has 1 unspecified atom stereocenters. The molecule has 1 atom stereocenters. The molecule has 0 spiro atoms. The molecule has 4 aromatic rings. The predicted molar refractivity (Wildman–Crippen MR) is 157 cm³/mol. The molecule has 3 N–H and O–H groups in total. The third-order valence-electron chi connectivity index (χ3n) is 7.33. The Balaban J connectivity index is 1.19. The Morgan fingerprint density at radius 1 is 1.02 bits per heavy atom. The van der Waals surface area contributed by atoms with Gasteiger partial charge in [-0.15, -0.1) is 11.3 Å². The fourth-order valence-corrected chi connectivity index (χ4v) is 6.73. The third-order valence-corrected chi connectivity index (χ3v) is 9.17. The molecule has 5 rings (SSSR count). The zero-order chi connectivity index (χ0) is 28.0. The first-order chi connectivity index (χ1) is 19.4. The van der Waals surface area contributed by atoms with Crippen LogP contribution in [0.2, 0.25) is 0 Å². The van der Waals surface area contributed by atoms with Crippen molar-refractivity contribution in [3.05, 3.63) is 70.3 Å². The summed E-state index contributed by atoms with van der Waals surface area (Å²) in [5.74, 6) is 0.694. The number of hydrogen-bond acceptors (Lipinski definition) is 8. The van der Waals surface area contributed by atoms with Crippen molar-refractivity contribution < 1.29 is 32.8 Å². The van der Waals surface area contributed by atoms with Gasteiger partial charge in [0, 0.05) is 27.9 Å². The molecule has 1 saturated heterocycles. The first kappa shape index (κ1) is 28.8. The number of hydrogen-bond donors (Lipinski definition) is 3. The van der Waals surface area contributed by atoms with Crippen LogP contribution < -0.4 is 15.2 Å². The maximum atomic E-state index is 12.3. The van der Waals surface area contributed by atoms with Gasteiger partial charge in [-0.1, -0.05) is 6.07 Å². The number of rotatable bonds is 13. The number of aliphatic hydroxyl groups excluding tert-OH is 1. The standard InChI is InChI=1S/C28H34N3O7PS/c32-16-18-37-39(34,35)38-21-31(14-11-30(12-15-31)26-4-3-5-27-24(26)10-19-40-27)13-1-2-17-36-23-8-6-22-7-9-28(33)29-25(22)20-23/h3-10,19-20,32H,1-2,11-18,21H2,(H-,29,33,34,35)/p+1. The van der Waals surface area contributed by atoms with E-state index in [0.717, 1.165) is 56.5 Å². The number of benzene rings is 2. The number of nitrogens with one attached hydrogen (secondary N) is 1. The summed E-state index contributed by atoms with van der Waals surface area (Å²) in [6, 6.07) is 17.4. The maximum Gasteiger partial charge on any atom is 0.476 e. The molecule has 10 nitrogen and oxygen atoms in total. The SMILES string of the molecule is O=c1ccc2ccc(OCCCC[N+]3(COP(=O)(O)OCCO)CCN(c4cccc5sccc45)CC3)cc2[nH]1. The second-order valence-electron chi connectivity index (χ2n) is 10.0. The van der Waals surface area contributed by atoms with Crippen molar-refractivity contribution in [3.63, 3.8) is 0 Å². The molecule has 0 aliphatic carbocycles. The average molecular weight is 589 g/mol. The minimum Gasteiger partial charge on any atom is -0.494 e. The highest BCUT2D eigenvalue weighted by Crippen LogP contribution is 2.44. The summed E-state index contributed by atoms with van der Waals surface area (Å²) in [6.07, 6.45) is 1.63. The number of phosphoric ester groups is 1. The summed E-state index contributed by atoms with van der Waals surface area (Å²) in [6.45, 7) is 3.78. The minimum atomic E-state index is -4.26. The summed E-state index contributed by atoms with van der Waals surface area (Å²) >= 11 is 1.73. The van der Waals surface area contributed by atoms with Gasteiger partial charge in [-0.05, 0) is 60.0 Å². The first-order valence-electron chi connectivity index (χ1n) is 13.4. The lowest BCUT2D eigenvalue weighted by atomic mass is 10.1. The van der Waals surface area contributed by atoms with Crippen LogP contribution >= 0.6 is 19.2 Å². The number of fused-ring (bicyclic) bond motifs is 2. The van der Waals surface area contributed by atoms with E-state index < -0.39 is 7.82 Å². The molecule has 2 aromatic heterocycles. The Hall–Kier alpha value is -2.76. The summed E-state index contributed by atoms with van der Waals surface area (Å²) in [7, 11) is -4.26. The van der Waals surface area contributed by atoms with E-state index in [9.17, 15) is 14.3 Å². The van der Waals surface area contributed by atoms with E-state index >= 15 is 0 Å². The number of quaternary nitrogens is 1. The molecule has 2 aromatic carbocycles. The number of aromatic nitrogens is 1. The molecule has 0 saturated carbocycles. The monoisotopic (exact) mass is 588 g/mol. The van der Waals surface area contributed by atoms with Gasteiger partial charge < -0.3 is 24.6 Å². The highest BCUT2D eigenvalue weighted by molar-refractivity contribution is 7.47. The number of thiophene rings is 1. The van der Waals surface area contributed by atoms with Gasteiger partial charge in [-0.2, -0.15) is 0 Å². The summed E-state index contributed by atoms with van der Waals surface area (Å²) in [5.41, 5.74) is 1.79. The second kappa shape index (κ2) is 12.8. The number of anilines is 1. The lowest BCUT2D eigenvalue weighted by molar-refractivity contribution is -0.943. The van der Waals surface area contributed by atoms with Crippen LogP contribution in [0.15, 0.2) is 64.8 Å². The number of ether oxygens (including phenoxy) is 1. The van der Waals surface area contributed by atoms with E-state index in [-0.39, 0.29) is 25.5 Å². The van der Waals surface area contributed by atoms with E-state index in [4.69, 9.17) is 18.9 Å². The molecule has 12 heteroatoms. The molecular weight excluding hydrogens is 553 g/mol. The molecule has 1 fully saturated rings. The number of nitrogens with zero attached hydrogens (tertiary/aromatic N) is 2. The van der Waals surface area contributed by atoms with Gasteiger partial charge in [0.05, 0.1) is 58.1 Å². The van der Waals surface area contributed by atoms with Gasteiger partial charge in [0.2, 0.25) is 5.56 Å². The van der Waals surface area contributed by atoms with Crippen LogP contribution in [0.1, 0.15) is 12.8 Å². The van der Waals surface area contributed by atoms with Gasteiger partial charge >= 0.3 is 7.82 Å². The molecule has 3 heterocycles. The first-order valence-corrected chi connectivity index (χ1v) is 15.8. The van der Waals surface area contributed by atoms with Crippen molar-refractivity contribution in [1.29, 1.82) is 0 Å². The average Bonchev–Trinajstić information content (AvgIpc) is 3.45. The number of aromatic amines is 1. The number of unbranched alkanes of at least 4 members (excludes halogenated alkanes) is 1. The molecule has 40 heavy (non-hydrogen) atoms. The number of H-pyrrole nitrogens is 1. The molecule has 214 valence electrons. The lowest BCUT2D eigenvalue weighted by Gasteiger charge is -2.45. The van der Waals surface area contributed by atoms with Crippen LogP contribution in [0, 0.1) is 0 Å². The number of pyridine rings is 1. The Kier molecular flexibility index (Phi) is 9.22. The van der Waals surface area contributed by atoms with Gasteiger partial charge in [0.15, 0.2) is 6.73 Å². The number of phosphoric acid groups is 1. The van der Waals surface area contributed by atoms with Gasteiger partial charge in [-0.3, -0.25) is 13.8 Å². The van der Waals surface area contributed by atoms with E-state index in [0.29, 0.717) is 16.8 Å². The fraction of sp³-hybridized carbons (Fsp3) is 0.393. The molecule has 0 amide bonds. The Morgan fingerprint density at radius 3 is 2.67 bits per heavy atom. The second-order valence-corrected chi connectivity index (χ2v) is 12.4. The van der Waals surface area contributed by atoms with Crippen molar-refractivity contribution in [3.8, 4) is 5.75 Å². The fourth-order valence-electron chi connectivity index (χ4n) is 5.15. The smallest absolute Gasteiger partial charge is 0.476 e. The van der Waals surface area contributed by atoms with E-state index in [2.05, 4.69) is 39.5 Å². The number of piperazine rings is 1. The topological polar surface area (TPSA) is 121 Å². The zero-order valence-electron chi connectivity index (χ0n) is 22.2. The van der Waals surface area contributed by atoms with Crippen LogP contribution in [-0.4, -0.2) is 78.7 Å². The summed E-state index contributed by atoms with van der Waals surface area (Å²) in [4.78, 5) is 26.9. The van der Waals surface area contributed by atoms with Crippen LogP contribution in [0.3, 0.4) is 0 Å². The van der Waals surface area contributed by atoms with Crippen LogP contribution in [0.25, 0.3) is 21.0 Å². The minimum absolute atomic E-state index is 0.0502. The Morgan fingerprint density at radius 2 is 1.85 bits per heavy atom. The highest BCUT2D eigenvalue weighted by atomic mass is 32.1. The van der Waals surface area contributed by atoms with Crippen LogP contribution in [0.4, 0.5) is 5.69 Å². The zero-order valence-corrected chi connectivity index (χ0v) is 23.9. The van der Waals surface area contributed by atoms with Crippen molar-refractivity contribution in [2.45, 2.75) is 12.8 Å². The normalized spacial score (nSPS) is 16.8. The van der Waals surface area contributed by atoms with Gasteiger partial charge in [0.1, 0.15) is 5.75 Å². The largest absolute Gasteiger partial charge is 0.494 e. The predicted octanol–water partition coefficient (Wildman–Crippen LogP) is 4.32. The lowest BCUT2D eigenvalue weighted by Crippen LogP contribution is -2.60. The maximum absolute atomic E-state index is 12.3. The van der Waals surface area contributed by atoms with Crippen molar-refractivity contribution in [2.24, 2.45) is 0 Å². The number of aliphatic hydroxyl groups is 1. The van der Waals surface area contributed by atoms with Crippen LogP contribution in [0.5, 0.6) is 5.75 Å².